The van der Waals surface area contributed by atoms with Gasteiger partial charge in [-0.2, -0.15) is 5.26 Å². The van der Waals surface area contributed by atoms with Crippen molar-refractivity contribution >= 4 is 6.09 Å². The zero-order valence-electron chi connectivity index (χ0n) is 18.3. The van der Waals surface area contributed by atoms with Crippen molar-refractivity contribution in [3.63, 3.8) is 0 Å². The fourth-order valence-corrected chi connectivity index (χ4v) is 4.23. The minimum absolute atomic E-state index is 0.106. The quantitative estimate of drug-likeness (QED) is 0.742. The Morgan fingerprint density at radius 1 is 1.33 bits per heavy atom. The monoisotopic (exact) mass is 418 g/mol. The van der Waals surface area contributed by atoms with Crippen molar-refractivity contribution in [1.82, 2.24) is 14.8 Å². The third-order valence-electron chi connectivity index (χ3n) is 5.97. The van der Waals surface area contributed by atoms with Crippen molar-refractivity contribution in [2.75, 3.05) is 39.8 Å². The minimum atomic E-state index is -1.25. The summed E-state index contributed by atoms with van der Waals surface area (Å²) in [7, 11) is 1.46. The number of likely N-dealkylation sites (tertiary alicyclic amines) is 2. The first-order chi connectivity index (χ1) is 14.1. The molecule has 0 unspecified atom stereocenters. The molecule has 0 bridgehead atoms. The molecule has 2 fully saturated rings. The lowest BCUT2D eigenvalue weighted by atomic mass is 9.78. The summed E-state index contributed by atoms with van der Waals surface area (Å²) >= 11 is 0. The first-order valence-corrected chi connectivity index (χ1v) is 10.4. The average molecular weight is 419 g/mol. The molecule has 1 spiro atoms. The van der Waals surface area contributed by atoms with Crippen LogP contribution in [0.5, 0.6) is 5.75 Å². The van der Waals surface area contributed by atoms with Crippen molar-refractivity contribution < 1.29 is 18.7 Å². The van der Waals surface area contributed by atoms with Crippen molar-refractivity contribution in [3.05, 3.63) is 23.5 Å². The van der Waals surface area contributed by atoms with E-state index >= 15 is 0 Å². The molecule has 164 valence electrons. The fourth-order valence-electron chi connectivity index (χ4n) is 4.23. The van der Waals surface area contributed by atoms with Gasteiger partial charge in [0.05, 0.1) is 12.8 Å². The van der Waals surface area contributed by atoms with Gasteiger partial charge in [-0.3, -0.25) is 9.88 Å². The average Bonchev–Trinajstić information content (AvgIpc) is 3.12. The highest BCUT2D eigenvalue weighted by atomic mass is 19.1. The van der Waals surface area contributed by atoms with Crippen LogP contribution in [0.3, 0.4) is 0 Å². The van der Waals surface area contributed by atoms with Gasteiger partial charge in [-0.05, 0) is 58.5 Å². The van der Waals surface area contributed by atoms with Crippen LogP contribution < -0.4 is 4.74 Å². The van der Waals surface area contributed by atoms with Crippen LogP contribution in [0.1, 0.15) is 57.5 Å². The number of amides is 1. The molecule has 3 heterocycles. The van der Waals surface area contributed by atoms with E-state index in [0.29, 0.717) is 17.9 Å². The lowest BCUT2D eigenvalue weighted by Crippen LogP contribution is -2.43. The molecule has 3 rings (SSSR count). The Hall–Kier alpha value is -2.40. The van der Waals surface area contributed by atoms with Gasteiger partial charge in [-0.15, -0.1) is 0 Å². The molecule has 0 aromatic carbocycles. The Morgan fingerprint density at radius 2 is 2.00 bits per heavy atom. The van der Waals surface area contributed by atoms with E-state index in [1.54, 1.807) is 0 Å². The lowest BCUT2D eigenvalue weighted by Gasteiger charge is -2.39. The second-order valence-corrected chi connectivity index (χ2v) is 9.34. The molecule has 2 aliphatic rings. The Balaban J connectivity index is 1.52. The maximum absolute atomic E-state index is 14.9. The highest BCUT2D eigenvalue weighted by molar-refractivity contribution is 5.68. The predicted octanol–water partition coefficient (Wildman–Crippen LogP) is 3.70. The summed E-state index contributed by atoms with van der Waals surface area (Å²) in [6, 6.07) is 3.49. The van der Waals surface area contributed by atoms with Gasteiger partial charge in [0.25, 0.3) is 0 Å². The van der Waals surface area contributed by atoms with Crippen LogP contribution in [-0.2, 0) is 4.74 Å². The molecule has 8 heteroatoms. The number of nitriles is 1. The number of halogens is 1. The number of hydrogen-bond donors (Lipinski definition) is 0. The van der Waals surface area contributed by atoms with Crippen LogP contribution in [0.2, 0.25) is 0 Å². The van der Waals surface area contributed by atoms with E-state index in [1.165, 1.54) is 19.4 Å². The largest absolute Gasteiger partial charge is 0.495 e. The highest BCUT2D eigenvalue weighted by Crippen LogP contribution is 2.41. The first-order valence-electron chi connectivity index (χ1n) is 10.4. The van der Waals surface area contributed by atoms with E-state index in [-0.39, 0.29) is 23.7 Å². The van der Waals surface area contributed by atoms with Crippen LogP contribution in [0, 0.1) is 16.7 Å². The smallest absolute Gasteiger partial charge is 0.410 e. The van der Waals surface area contributed by atoms with Gasteiger partial charge < -0.3 is 14.4 Å². The molecule has 1 aromatic heterocycles. The van der Waals surface area contributed by atoms with Crippen LogP contribution in [-0.4, -0.2) is 66.3 Å². The summed E-state index contributed by atoms with van der Waals surface area (Å²) in [6.07, 6.45) is 2.70. The second-order valence-electron chi connectivity index (χ2n) is 9.34. The molecule has 2 saturated heterocycles. The van der Waals surface area contributed by atoms with Gasteiger partial charge in [-0.25, -0.2) is 9.18 Å². The Morgan fingerprint density at radius 3 is 2.60 bits per heavy atom. The molecule has 2 aliphatic heterocycles. The SMILES string of the molecule is COc1cc([C@H](F)CN2CCC3(CC2)CCN(C(=O)OC(C)(C)C)C3)ncc1C#N. The summed E-state index contributed by atoms with van der Waals surface area (Å²) in [5.41, 5.74) is 0.191. The van der Waals surface area contributed by atoms with E-state index in [0.717, 1.165) is 38.9 Å². The number of methoxy groups -OCH3 is 1. The van der Waals surface area contributed by atoms with Crippen molar-refractivity contribution in [1.29, 1.82) is 5.26 Å². The maximum atomic E-state index is 14.9. The summed E-state index contributed by atoms with van der Waals surface area (Å²) in [5.74, 6) is 0.343. The van der Waals surface area contributed by atoms with Crippen molar-refractivity contribution in [2.45, 2.75) is 51.8 Å². The molecule has 30 heavy (non-hydrogen) atoms. The molecule has 7 nitrogen and oxygen atoms in total. The van der Waals surface area contributed by atoms with Gasteiger partial charge >= 0.3 is 6.09 Å². The zero-order chi connectivity index (χ0) is 21.9. The number of rotatable bonds is 4. The molecule has 0 radical (unpaired) electrons. The number of ether oxygens (including phenoxy) is 2. The van der Waals surface area contributed by atoms with Crippen molar-refractivity contribution in [2.24, 2.45) is 5.41 Å². The number of alkyl halides is 1. The molecular weight excluding hydrogens is 387 g/mol. The number of nitrogens with zero attached hydrogens (tertiary/aromatic N) is 4. The van der Waals surface area contributed by atoms with Crippen LogP contribution in [0.15, 0.2) is 12.3 Å². The molecule has 1 atom stereocenters. The molecular formula is C22H31FN4O3. The summed E-state index contributed by atoms with van der Waals surface area (Å²) < 4.78 is 25.5. The third kappa shape index (κ3) is 5.20. The number of aromatic nitrogens is 1. The minimum Gasteiger partial charge on any atom is -0.495 e. The van der Waals surface area contributed by atoms with Gasteiger partial charge in [0.1, 0.15) is 23.0 Å². The highest BCUT2D eigenvalue weighted by Gasteiger charge is 2.43. The van der Waals surface area contributed by atoms with E-state index in [2.05, 4.69) is 9.88 Å². The van der Waals surface area contributed by atoms with E-state index in [4.69, 9.17) is 14.7 Å². The predicted molar refractivity (Wildman–Crippen MR) is 110 cm³/mol. The maximum Gasteiger partial charge on any atom is 0.410 e. The van der Waals surface area contributed by atoms with Crippen LogP contribution in [0.25, 0.3) is 0 Å². The lowest BCUT2D eigenvalue weighted by molar-refractivity contribution is 0.0241. The summed E-state index contributed by atoms with van der Waals surface area (Å²) in [5, 5.41) is 9.05. The number of pyridine rings is 1. The van der Waals surface area contributed by atoms with E-state index in [9.17, 15) is 9.18 Å². The fraction of sp³-hybridized carbons (Fsp3) is 0.682. The number of carbonyl (C=O) groups excluding carboxylic acids is 1. The number of hydrogen-bond acceptors (Lipinski definition) is 6. The molecule has 1 amide bonds. The van der Waals surface area contributed by atoms with E-state index < -0.39 is 11.8 Å². The van der Waals surface area contributed by atoms with Gasteiger partial charge in [0, 0.05) is 31.9 Å². The van der Waals surface area contributed by atoms with E-state index in [1.807, 2.05) is 31.7 Å². The molecule has 1 aromatic rings. The standard InChI is InChI=1S/C22H31FN4O3/c1-21(2,3)30-20(28)27-10-7-22(15-27)5-8-26(9-6-22)14-17(23)18-11-19(29-4)16(12-24)13-25-18/h11,13,17H,5-10,14-15H2,1-4H3/t17-/m1/s1. The molecule has 0 saturated carbocycles. The summed E-state index contributed by atoms with van der Waals surface area (Å²) in [4.78, 5) is 20.4. The second kappa shape index (κ2) is 8.76. The van der Waals surface area contributed by atoms with Crippen LogP contribution >= 0.6 is 0 Å². The van der Waals surface area contributed by atoms with Gasteiger partial charge in [0.15, 0.2) is 6.17 Å². The van der Waals surface area contributed by atoms with Gasteiger partial charge in [0.2, 0.25) is 0 Å². The third-order valence-corrected chi connectivity index (χ3v) is 5.97. The molecule has 0 N–H and O–H groups in total. The van der Waals surface area contributed by atoms with Crippen molar-refractivity contribution in [3.8, 4) is 11.8 Å². The summed E-state index contributed by atoms with van der Waals surface area (Å²) in [6.45, 7) is 8.89. The Labute approximate surface area is 177 Å². The Bertz CT molecular complexity index is 810. The Kier molecular flexibility index (Phi) is 6.51. The first kappa shape index (κ1) is 22.3. The zero-order valence-corrected chi connectivity index (χ0v) is 18.3. The van der Waals surface area contributed by atoms with Crippen LogP contribution in [0.4, 0.5) is 9.18 Å². The number of carbonyl (C=O) groups is 1. The normalized spacial score (nSPS) is 20.1. The number of piperidine rings is 1. The van der Waals surface area contributed by atoms with Gasteiger partial charge in [-0.1, -0.05) is 0 Å². The topological polar surface area (TPSA) is 78.7 Å². The molecule has 0 aliphatic carbocycles.